The summed E-state index contributed by atoms with van der Waals surface area (Å²) in [6.07, 6.45) is -0.0994. The number of halogens is 1. The van der Waals surface area contributed by atoms with Crippen LogP contribution in [0.3, 0.4) is 0 Å². The molecule has 1 rings (SSSR count). The number of hydrogen-bond donors (Lipinski definition) is 3. The van der Waals surface area contributed by atoms with E-state index in [0.717, 1.165) is 0 Å². The Morgan fingerprint density at radius 2 is 1.70 bits per heavy atom. The fraction of sp³-hybridized carbons (Fsp3) is 0.308. The summed E-state index contributed by atoms with van der Waals surface area (Å²) in [6, 6.07) is 5.60. The predicted molar refractivity (Wildman–Crippen MR) is 74.6 cm³/mol. The maximum Gasteiger partial charge on any atom is 0.325 e. The van der Waals surface area contributed by atoms with E-state index < -0.39 is 17.9 Å². The first-order chi connectivity index (χ1) is 9.38. The van der Waals surface area contributed by atoms with Crippen LogP contribution < -0.4 is 10.6 Å². The Kier molecular flexibility index (Phi) is 5.99. The van der Waals surface area contributed by atoms with E-state index in [1.807, 2.05) is 0 Å². The zero-order chi connectivity index (χ0) is 15.1. The van der Waals surface area contributed by atoms with Gasteiger partial charge in [0.05, 0.1) is 0 Å². The molecule has 0 aliphatic rings. The second-order valence-corrected chi connectivity index (χ2v) is 4.62. The minimum atomic E-state index is -1.12. The van der Waals surface area contributed by atoms with E-state index in [2.05, 4.69) is 10.6 Å². The Morgan fingerprint density at radius 3 is 2.25 bits per heavy atom. The number of carbonyl (C=O) groups is 3. The summed E-state index contributed by atoms with van der Waals surface area (Å²) in [7, 11) is 0. The Balaban J connectivity index is 2.34. The van der Waals surface area contributed by atoms with E-state index in [4.69, 9.17) is 16.7 Å². The monoisotopic (exact) mass is 298 g/mol. The molecule has 6 nitrogen and oxygen atoms in total. The molecule has 1 atom stereocenters. The van der Waals surface area contributed by atoms with Gasteiger partial charge in [-0.2, -0.15) is 0 Å². The lowest BCUT2D eigenvalue weighted by atomic mass is 10.2. The van der Waals surface area contributed by atoms with Gasteiger partial charge < -0.3 is 15.7 Å². The maximum absolute atomic E-state index is 11.6. The second kappa shape index (κ2) is 7.49. The van der Waals surface area contributed by atoms with Crippen LogP contribution in [0.25, 0.3) is 0 Å². The van der Waals surface area contributed by atoms with Crippen LogP contribution in [0.2, 0.25) is 5.02 Å². The fourth-order valence-corrected chi connectivity index (χ4v) is 1.49. The Labute approximate surface area is 121 Å². The molecule has 0 aliphatic carbocycles. The van der Waals surface area contributed by atoms with Gasteiger partial charge in [-0.1, -0.05) is 11.6 Å². The van der Waals surface area contributed by atoms with E-state index in [1.165, 1.54) is 6.92 Å². The van der Waals surface area contributed by atoms with Crippen molar-refractivity contribution in [1.82, 2.24) is 5.32 Å². The molecule has 1 aromatic rings. The summed E-state index contributed by atoms with van der Waals surface area (Å²) in [5.74, 6) is -1.93. The van der Waals surface area contributed by atoms with Crippen LogP contribution in [0, 0.1) is 0 Å². The zero-order valence-corrected chi connectivity index (χ0v) is 11.6. The summed E-state index contributed by atoms with van der Waals surface area (Å²) in [6.45, 7) is 1.36. The number of carboxylic acid groups (broad SMARTS) is 1. The van der Waals surface area contributed by atoms with Crippen LogP contribution in [-0.2, 0) is 14.4 Å². The molecule has 0 spiro atoms. The van der Waals surface area contributed by atoms with Gasteiger partial charge in [0.2, 0.25) is 11.8 Å². The first-order valence-corrected chi connectivity index (χ1v) is 6.34. The molecular weight excluding hydrogens is 284 g/mol. The number of hydrogen-bond acceptors (Lipinski definition) is 3. The predicted octanol–water partition coefficient (Wildman–Crippen LogP) is 1.65. The summed E-state index contributed by atoms with van der Waals surface area (Å²) in [5.41, 5.74) is 0.582. The van der Waals surface area contributed by atoms with Crippen molar-refractivity contribution < 1.29 is 19.5 Å². The number of carboxylic acids is 1. The van der Waals surface area contributed by atoms with Crippen LogP contribution in [0.4, 0.5) is 5.69 Å². The Hall–Kier alpha value is -2.08. The normalized spacial score (nSPS) is 11.5. The van der Waals surface area contributed by atoms with Crippen LogP contribution >= 0.6 is 11.6 Å². The van der Waals surface area contributed by atoms with Gasteiger partial charge in [0.15, 0.2) is 0 Å². The van der Waals surface area contributed by atoms with E-state index in [-0.39, 0.29) is 18.7 Å². The molecule has 1 aromatic carbocycles. The van der Waals surface area contributed by atoms with Crippen LogP contribution in [0.5, 0.6) is 0 Å². The lowest BCUT2D eigenvalue weighted by Crippen LogP contribution is -2.38. The van der Waals surface area contributed by atoms with E-state index in [1.54, 1.807) is 24.3 Å². The van der Waals surface area contributed by atoms with E-state index in [9.17, 15) is 14.4 Å². The summed E-state index contributed by atoms with van der Waals surface area (Å²) in [5, 5.41) is 14.1. The highest BCUT2D eigenvalue weighted by Gasteiger charge is 2.14. The number of nitrogens with one attached hydrogen (secondary N) is 2. The highest BCUT2D eigenvalue weighted by molar-refractivity contribution is 6.30. The number of benzene rings is 1. The van der Waals surface area contributed by atoms with Crippen molar-refractivity contribution in [2.45, 2.75) is 25.8 Å². The maximum atomic E-state index is 11.6. The molecule has 7 heteroatoms. The molecule has 0 radical (unpaired) electrons. The smallest absolute Gasteiger partial charge is 0.325 e. The highest BCUT2D eigenvalue weighted by Crippen LogP contribution is 2.13. The van der Waals surface area contributed by atoms with Gasteiger partial charge in [-0.3, -0.25) is 14.4 Å². The van der Waals surface area contributed by atoms with Gasteiger partial charge in [-0.25, -0.2) is 0 Å². The SMILES string of the molecule is CC(NC(=O)CCC(=O)Nc1ccc(Cl)cc1)C(=O)O. The molecule has 0 fully saturated rings. The molecule has 108 valence electrons. The highest BCUT2D eigenvalue weighted by atomic mass is 35.5. The molecule has 0 bridgehead atoms. The molecule has 0 heterocycles. The summed E-state index contributed by atoms with van der Waals surface area (Å²) >= 11 is 5.71. The molecule has 1 unspecified atom stereocenters. The summed E-state index contributed by atoms with van der Waals surface area (Å²) in [4.78, 5) is 33.5. The fourth-order valence-electron chi connectivity index (χ4n) is 1.36. The van der Waals surface area contributed by atoms with Gasteiger partial charge in [0.1, 0.15) is 6.04 Å². The number of carbonyl (C=O) groups excluding carboxylic acids is 2. The molecule has 20 heavy (non-hydrogen) atoms. The minimum Gasteiger partial charge on any atom is -0.480 e. The van der Waals surface area contributed by atoms with E-state index in [0.29, 0.717) is 10.7 Å². The summed E-state index contributed by atoms with van der Waals surface area (Å²) < 4.78 is 0. The van der Waals surface area contributed by atoms with Crippen molar-refractivity contribution in [3.63, 3.8) is 0 Å². The molecule has 0 saturated heterocycles. The molecule has 0 saturated carbocycles. The molecule has 0 aliphatic heterocycles. The number of amides is 2. The number of rotatable bonds is 6. The third-order valence-electron chi connectivity index (χ3n) is 2.46. The van der Waals surface area contributed by atoms with Crippen molar-refractivity contribution in [2.24, 2.45) is 0 Å². The van der Waals surface area contributed by atoms with Crippen molar-refractivity contribution in [1.29, 1.82) is 0 Å². The topological polar surface area (TPSA) is 95.5 Å². The third kappa shape index (κ3) is 5.71. The largest absolute Gasteiger partial charge is 0.480 e. The van der Waals surface area contributed by atoms with Gasteiger partial charge in [0, 0.05) is 23.6 Å². The molecule has 3 N–H and O–H groups in total. The van der Waals surface area contributed by atoms with Crippen molar-refractivity contribution >= 4 is 35.1 Å². The quantitative estimate of drug-likeness (QED) is 0.744. The third-order valence-corrected chi connectivity index (χ3v) is 2.71. The standard InChI is InChI=1S/C13H15ClN2O4/c1-8(13(19)20)15-11(17)6-7-12(18)16-10-4-2-9(14)3-5-10/h2-5,8H,6-7H2,1H3,(H,15,17)(H,16,18)(H,19,20). The number of anilines is 1. The van der Waals surface area contributed by atoms with Crippen LogP contribution in [-0.4, -0.2) is 28.9 Å². The Morgan fingerprint density at radius 1 is 1.15 bits per heavy atom. The van der Waals surface area contributed by atoms with Gasteiger partial charge in [-0.05, 0) is 31.2 Å². The lowest BCUT2D eigenvalue weighted by molar-refractivity contribution is -0.141. The van der Waals surface area contributed by atoms with Crippen molar-refractivity contribution in [3.05, 3.63) is 29.3 Å². The lowest BCUT2D eigenvalue weighted by Gasteiger charge is -2.09. The average molecular weight is 299 g/mol. The minimum absolute atomic E-state index is 0.0270. The van der Waals surface area contributed by atoms with Crippen LogP contribution in [0.1, 0.15) is 19.8 Å². The van der Waals surface area contributed by atoms with Gasteiger partial charge in [-0.15, -0.1) is 0 Å². The molecule has 0 aromatic heterocycles. The molecule has 2 amide bonds. The first-order valence-electron chi connectivity index (χ1n) is 5.96. The van der Waals surface area contributed by atoms with Crippen molar-refractivity contribution in [3.8, 4) is 0 Å². The number of aliphatic carboxylic acids is 1. The average Bonchev–Trinajstić information content (AvgIpc) is 2.39. The van der Waals surface area contributed by atoms with Gasteiger partial charge in [0.25, 0.3) is 0 Å². The van der Waals surface area contributed by atoms with Gasteiger partial charge >= 0.3 is 5.97 Å². The second-order valence-electron chi connectivity index (χ2n) is 4.18. The van der Waals surface area contributed by atoms with E-state index >= 15 is 0 Å². The first kappa shape index (κ1) is 16.0. The van der Waals surface area contributed by atoms with Crippen LogP contribution in [0.15, 0.2) is 24.3 Å². The zero-order valence-electron chi connectivity index (χ0n) is 10.9. The Bertz CT molecular complexity index is 502. The van der Waals surface area contributed by atoms with Crippen molar-refractivity contribution in [2.75, 3.05) is 5.32 Å². The molecular formula is C13H15ClN2O4.